The zero-order chi connectivity index (χ0) is 9.15. The van der Waals surface area contributed by atoms with E-state index < -0.39 is 0 Å². The highest BCUT2D eigenvalue weighted by Crippen LogP contribution is 2.38. The largest absolute Gasteiger partial charge is 0.381 e. The molecule has 2 aliphatic heterocycles. The van der Waals surface area contributed by atoms with Crippen molar-refractivity contribution in [3.05, 3.63) is 0 Å². The number of hydrogen-bond acceptors (Lipinski definition) is 3. The first-order valence-corrected chi connectivity index (χ1v) is 4.99. The Morgan fingerprint density at radius 1 is 1.31 bits per heavy atom. The number of ether oxygens (including phenoxy) is 2. The van der Waals surface area contributed by atoms with E-state index in [-0.39, 0.29) is 5.41 Å². The normalized spacial score (nSPS) is 40.5. The van der Waals surface area contributed by atoms with Gasteiger partial charge >= 0.3 is 0 Å². The van der Waals surface area contributed by atoms with Crippen LogP contribution < -0.4 is 0 Å². The van der Waals surface area contributed by atoms with Crippen molar-refractivity contribution in [2.45, 2.75) is 19.3 Å². The fourth-order valence-electron chi connectivity index (χ4n) is 2.30. The van der Waals surface area contributed by atoms with Crippen LogP contribution >= 0.6 is 0 Å². The molecule has 0 aliphatic carbocycles. The quantitative estimate of drug-likeness (QED) is 0.601. The van der Waals surface area contributed by atoms with Crippen molar-refractivity contribution in [1.29, 1.82) is 0 Å². The van der Waals surface area contributed by atoms with Crippen LogP contribution in [0.3, 0.4) is 0 Å². The molecule has 2 aliphatic rings. The molecular weight excluding hydrogens is 168 g/mol. The van der Waals surface area contributed by atoms with Gasteiger partial charge in [-0.2, -0.15) is 0 Å². The van der Waals surface area contributed by atoms with E-state index in [1.54, 1.807) is 0 Å². The molecule has 3 heteroatoms. The maximum atomic E-state index is 11.1. The monoisotopic (exact) mass is 184 g/mol. The Hall–Kier alpha value is -0.410. The molecule has 13 heavy (non-hydrogen) atoms. The second-order valence-electron chi connectivity index (χ2n) is 4.07. The summed E-state index contributed by atoms with van der Waals surface area (Å²) in [5.74, 6) is 0.390. The fourth-order valence-corrected chi connectivity index (χ4v) is 2.30. The van der Waals surface area contributed by atoms with Gasteiger partial charge in [0.25, 0.3) is 0 Å². The lowest BCUT2D eigenvalue weighted by atomic mass is 9.73. The molecule has 0 aromatic rings. The van der Waals surface area contributed by atoms with Crippen molar-refractivity contribution in [2.75, 3.05) is 26.4 Å². The van der Waals surface area contributed by atoms with Crippen LogP contribution in [0, 0.1) is 11.3 Å². The molecule has 0 saturated carbocycles. The molecule has 0 aromatic carbocycles. The van der Waals surface area contributed by atoms with Crippen LogP contribution in [0.1, 0.15) is 19.3 Å². The number of carbonyl (C=O) groups is 1. The SMILES string of the molecule is O=CC1(C2CCCOC2)CCOC1. The number of aldehydes is 1. The van der Waals surface area contributed by atoms with Crippen LogP contribution in [0.15, 0.2) is 0 Å². The van der Waals surface area contributed by atoms with Gasteiger partial charge < -0.3 is 14.3 Å². The van der Waals surface area contributed by atoms with E-state index in [0.717, 1.165) is 45.4 Å². The fraction of sp³-hybridized carbons (Fsp3) is 0.900. The minimum Gasteiger partial charge on any atom is -0.381 e. The summed E-state index contributed by atoms with van der Waals surface area (Å²) in [6, 6.07) is 0. The average Bonchev–Trinajstić information content (AvgIpc) is 2.69. The number of carbonyl (C=O) groups excluding carboxylic acids is 1. The number of rotatable bonds is 2. The van der Waals surface area contributed by atoms with Crippen LogP contribution in [0.2, 0.25) is 0 Å². The maximum absolute atomic E-state index is 11.1. The van der Waals surface area contributed by atoms with E-state index in [2.05, 4.69) is 0 Å². The Morgan fingerprint density at radius 2 is 2.23 bits per heavy atom. The van der Waals surface area contributed by atoms with Crippen LogP contribution in [0.5, 0.6) is 0 Å². The zero-order valence-electron chi connectivity index (χ0n) is 7.83. The molecule has 74 valence electrons. The van der Waals surface area contributed by atoms with Gasteiger partial charge in [-0.1, -0.05) is 0 Å². The summed E-state index contributed by atoms with van der Waals surface area (Å²) in [7, 11) is 0. The lowest BCUT2D eigenvalue weighted by Crippen LogP contribution is -2.38. The molecule has 2 heterocycles. The highest BCUT2D eigenvalue weighted by Gasteiger charge is 2.42. The van der Waals surface area contributed by atoms with Gasteiger partial charge in [0.2, 0.25) is 0 Å². The summed E-state index contributed by atoms with van der Waals surface area (Å²) < 4.78 is 10.7. The summed E-state index contributed by atoms with van der Waals surface area (Å²) in [6.45, 7) is 2.92. The lowest BCUT2D eigenvalue weighted by Gasteiger charge is -2.33. The summed E-state index contributed by atoms with van der Waals surface area (Å²) in [5.41, 5.74) is -0.222. The molecule has 0 spiro atoms. The second kappa shape index (κ2) is 3.76. The van der Waals surface area contributed by atoms with Crippen molar-refractivity contribution in [1.82, 2.24) is 0 Å². The Kier molecular flexibility index (Phi) is 2.65. The molecule has 2 fully saturated rings. The summed E-state index contributed by atoms with van der Waals surface area (Å²) in [6.07, 6.45) is 4.17. The molecule has 2 saturated heterocycles. The predicted molar refractivity (Wildman–Crippen MR) is 47.5 cm³/mol. The van der Waals surface area contributed by atoms with E-state index in [1.165, 1.54) is 0 Å². The number of hydrogen-bond donors (Lipinski definition) is 0. The first-order chi connectivity index (χ1) is 6.37. The topological polar surface area (TPSA) is 35.5 Å². The molecule has 0 bridgehead atoms. The van der Waals surface area contributed by atoms with Gasteiger partial charge in [0.15, 0.2) is 0 Å². The molecule has 0 amide bonds. The van der Waals surface area contributed by atoms with Gasteiger partial charge in [0, 0.05) is 13.2 Å². The van der Waals surface area contributed by atoms with Crippen molar-refractivity contribution < 1.29 is 14.3 Å². The molecule has 2 atom stereocenters. The minimum atomic E-state index is -0.222. The minimum absolute atomic E-state index is 0.222. The molecular formula is C10H16O3. The van der Waals surface area contributed by atoms with E-state index >= 15 is 0 Å². The molecule has 0 radical (unpaired) electrons. The summed E-state index contributed by atoms with van der Waals surface area (Å²) >= 11 is 0. The highest BCUT2D eigenvalue weighted by atomic mass is 16.5. The standard InChI is InChI=1S/C10H16O3/c11-7-10(3-5-13-8-10)9-2-1-4-12-6-9/h7,9H,1-6,8H2. The van der Waals surface area contributed by atoms with Crippen LogP contribution in [0.25, 0.3) is 0 Å². The van der Waals surface area contributed by atoms with Crippen molar-refractivity contribution in [3.63, 3.8) is 0 Å². The third-order valence-electron chi connectivity index (χ3n) is 3.29. The van der Waals surface area contributed by atoms with Crippen molar-refractivity contribution in [2.24, 2.45) is 11.3 Å². The van der Waals surface area contributed by atoms with Gasteiger partial charge in [-0.25, -0.2) is 0 Å². The van der Waals surface area contributed by atoms with Crippen LogP contribution in [-0.4, -0.2) is 32.7 Å². The molecule has 0 aromatic heterocycles. The summed E-state index contributed by atoms with van der Waals surface area (Å²) in [4.78, 5) is 11.1. The first-order valence-electron chi connectivity index (χ1n) is 4.99. The first kappa shape index (κ1) is 9.16. The van der Waals surface area contributed by atoms with Gasteiger partial charge in [-0.3, -0.25) is 0 Å². The molecule has 0 N–H and O–H groups in total. The smallest absolute Gasteiger partial charge is 0.128 e. The van der Waals surface area contributed by atoms with Crippen molar-refractivity contribution >= 4 is 6.29 Å². The van der Waals surface area contributed by atoms with E-state index in [9.17, 15) is 4.79 Å². The maximum Gasteiger partial charge on any atom is 0.128 e. The molecule has 2 unspecified atom stereocenters. The van der Waals surface area contributed by atoms with E-state index in [1.807, 2.05) is 0 Å². The van der Waals surface area contributed by atoms with Crippen molar-refractivity contribution in [3.8, 4) is 0 Å². The zero-order valence-corrected chi connectivity index (χ0v) is 7.83. The van der Waals surface area contributed by atoms with Crippen LogP contribution in [-0.2, 0) is 14.3 Å². The van der Waals surface area contributed by atoms with Gasteiger partial charge in [-0.15, -0.1) is 0 Å². The Bertz CT molecular complexity index is 179. The van der Waals surface area contributed by atoms with Gasteiger partial charge in [0.05, 0.1) is 18.6 Å². The van der Waals surface area contributed by atoms with E-state index in [4.69, 9.17) is 9.47 Å². The third-order valence-corrected chi connectivity index (χ3v) is 3.29. The van der Waals surface area contributed by atoms with E-state index in [0.29, 0.717) is 12.5 Å². The molecule has 3 nitrogen and oxygen atoms in total. The van der Waals surface area contributed by atoms with Gasteiger partial charge in [0.1, 0.15) is 6.29 Å². The van der Waals surface area contributed by atoms with Crippen LogP contribution in [0.4, 0.5) is 0 Å². The van der Waals surface area contributed by atoms with Gasteiger partial charge in [-0.05, 0) is 25.2 Å². The predicted octanol–water partition coefficient (Wildman–Crippen LogP) is 1.02. The second-order valence-corrected chi connectivity index (χ2v) is 4.07. The molecule has 2 rings (SSSR count). The third kappa shape index (κ3) is 1.63. The highest BCUT2D eigenvalue weighted by molar-refractivity contribution is 5.60. The average molecular weight is 184 g/mol. The Labute approximate surface area is 78.4 Å². The Balaban J connectivity index is 2.05. The summed E-state index contributed by atoms with van der Waals surface area (Å²) in [5, 5.41) is 0. The lowest BCUT2D eigenvalue weighted by molar-refractivity contribution is -0.122. The Morgan fingerprint density at radius 3 is 2.77 bits per heavy atom.